The number of alkyl halides is 3. The maximum atomic E-state index is 13.4. The molecule has 0 aliphatic carbocycles. The Bertz CT molecular complexity index is 1620. The molecule has 0 N–H and O–H groups in total. The van der Waals surface area contributed by atoms with Crippen LogP contribution in [0.2, 0.25) is 5.02 Å². The van der Waals surface area contributed by atoms with Gasteiger partial charge in [-0.2, -0.15) is 22.9 Å². The van der Waals surface area contributed by atoms with Crippen molar-refractivity contribution in [2.75, 3.05) is 20.3 Å². The van der Waals surface area contributed by atoms with E-state index in [1.165, 1.54) is 43.7 Å². The van der Waals surface area contributed by atoms with Gasteiger partial charge >= 0.3 is 12.1 Å². The number of ether oxygens (including phenoxy) is 3. The molecule has 0 aliphatic heterocycles. The topological polar surface area (TPSA) is 92.0 Å². The third-order valence-electron chi connectivity index (χ3n) is 5.42. The number of aromatic nitrogens is 2. The third kappa shape index (κ3) is 6.20. The Balaban J connectivity index is 1.88. The van der Waals surface area contributed by atoms with Gasteiger partial charge in [-0.3, -0.25) is 4.79 Å². The van der Waals surface area contributed by atoms with Crippen LogP contribution in [-0.2, 0) is 15.7 Å². The molecule has 4 rings (SSSR count). The largest absolute Gasteiger partial charge is 0.493 e. The number of benzene rings is 3. The highest BCUT2D eigenvalue weighted by molar-refractivity contribution is 6.31. The number of esters is 1. The fourth-order valence-corrected chi connectivity index (χ4v) is 3.91. The first kappa shape index (κ1) is 27.6. The Morgan fingerprint density at radius 2 is 1.90 bits per heavy atom. The van der Waals surface area contributed by atoms with E-state index in [-0.39, 0.29) is 51.0 Å². The molecule has 0 spiro atoms. The lowest BCUT2D eigenvalue weighted by atomic mass is 10.1. The molecule has 0 fully saturated rings. The molecular weight excluding hydrogens is 539 g/mol. The van der Waals surface area contributed by atoms with Crippen molar-refractivity contribution in [3.8, 4) is 22.9 Å². The van der Waals surface area contributed by atoms with Gasteiger partial charge in [-0.05, 0) is 37.3 Å². The smallest absolute Gasteiger partial charge is 0.416 e. The predicted molar refractivity (Wildman–Crippen MR) is 140 cm³/mol. The molecule has 0 atom stereocenters. The molecule has 1 aromatic heterocycles. The second-order valence-corrected chi connectivity index (χ2v) is 8.45. The molecule has 8 nitrogen and oxygen atoms in total. The van der Waals surface area contributed by atoms with E-state index in [4.69, 9.17) is 25.8 Å². The number of rotatable bonds is 8. The molecule has 0 bridgehead atoms. The number of hydrogen-bond donors (Lipinski definition) is 0. The fourth-order valence-electron chi connectivity index (χ4n) is 3.70. The van der Waals surface area contributed by atoms with Crippen LogP contribution in [0.1, 0.15) is 18.1 Å². The summed E-state index contributed by atoms with van der Waals surface area (Å²) in [4.78, 5) is 29.7. The summed E-state index contributed by atoms with van der Waals surface area (Å²) in [5.74, 6) is -0.486. The monoisotopic (exact) mass is 559 g/mol. The van der Waals surface area contributed by atoms with Crippen molar-refractivity contribution in [3.63, 3.8) is 0 Å². The average molecular weight is 560 g/mol. The second-order valence-electron chi connectivity index (χ2n) is 8.01. The molecule has 0 saturated carbocycles. The number of para-hydroxylation sites is 1. The Hall–Kier alpha value is -4.38. The van der Waals surface area contributed by atoms with Crippen LogP contribution in [0.15, 0.2) is 70.6 Å². The molecule has 0 saturated heterocycles. The SMILES string of the molecule is CCOC(=O)COc1c(C=Nn2c(-c3cccc(C(F)(F)F)c3)nc3ccccc3c2=O)cc(Cl)cc1OC. The van der Waals surface area contributed by atoms with Gasteiger partial charge in [-0.25, -0.2) is 9.78 Å². The van der Waals surface area contributed by atoms with E-state index >= 15 is 0 Å². The summed E-state index contributed by atoms with van der Waals surface area (Å²) in [6, 6.07) is 13.7. The third-order valence-corrected chi connectivity index (χ3v) is 5.64. The molecule has 1 heterocycles. The lowest BCUT2D eigenvalue weighted by Gasteiger charge is -2.14. The van der Waals surface area contributed by atoms with Gasteiger partial charge in [0.15, 0.2) is 23.9 Å². The van der Waals surface area contributed by atoms with Crippen LogP contribution in [-0.4, -0.2) is 42.2 Å². The van der Waals surface area contributed by atoms with E-state index in [1.54, 1.807) is 25.1 Å². The summed E-state index contributed by atoms with van der Waals surface area (Å²) in [7, 11) is 1.37. The van der Waals surface area contributed by atoms with Crippen LogP contribution >= 0.6 is 11.6 Å². The van der Waals surface area contributed by atoms with Crippen molar-refractivity contribution in [2.45, 2.75) is 13.1 Å². The maximum Gasteiger partial charge on any atom is 0.416 e. The van der Waals surface area contributed by atoms with E-state index in [2.05, 4.69) is 10.1 Å². The van der Waals surface area contributed by atoms with Crippen LogP contribution in [0.3, 0.4) is 0 Å². The van der Waals surface area contributed by atoms with Gasteiger partial charge in [0.25, 0.3) is 5.56 Å². The number of halogens is 4. The van der Waals surface area contributed by atoms with Crippen molar-refractivity contribution >= 4 is 34.7 Å². The van der Waals surface area contributed by atoms with Gasteiger partial charge in [0.2, 0.25) is 0 Å². The Morgan fingerprint density at radius 3 is 2.62 bits per heavy atom. The highest BCUT2D eigenvalue weighted by atomic mass is 35.5. The molecule has 4 aromatic rings. The van der Waals surface area contributed by atoms with Crippen molar-refractivity contribution in [1.29, 1.82) is 0 Å². The second kappa shape index (κ2) is 11.6. The highest BCUT2D eigenvalue weighted by Crippen LogP contribution is 2.34. The standard InChI is InChI=1S/C27H21ClF3N3O5/c1-3-38-23(35)15-39-24-17(12-19(28)13-22(24)37-2)14-32-34-25(16-7-6-8-18(11-16)27(29,30)31)33-21-10-5-4-9-20(21)26(34)36/h4-14H,3,15H2,1-2H3. The van der Waals surface area contributed by atoms with E-state index in [0.29, 0.717) is 0 Å². The number of carbonyl (C=O) groups excluding carboxylic acids is 1. The zero-order chi connectivity index (χ0) is 28.2. The fraction of sp³-hybridized carbons (Fsp3) is 0.185. The Labute approximate surface area is 225 Å². The van der Waals surface area contributed by atoms with Crippen molar-refractivity contribution in [3.05, 3.63) is 87.2 Å². The molecule has 0 radical (unpaired) electrons. The Kier molecular flexibility index (Phi) is 8.20. The van der Waals surface area contributed by atoms with E-state index in [9.17, 15) is 22.8 Å². The van der Waals surface area contributed by atoms with Crippen molar-refractivity contribution in [2.24, 2.45) is 5.10 Å². The van der Waals surface area contributed by atoms with Gasteiger partial charge in [0.05, 0.1) is 36.4 Å². The van der Waals surface area contributed by atoms with Crippen molar-refractivity contribution in [1.82, 2.24) is 9.66 Å². The minimum absolute atomic E-state index is 0.0206. The summed E-state index contributed by atoms with van der Waals surface area (Å²) in [5.41, 5.74) is -1.00. The zero-order valence-electron chi connectivity index (χ0n) is 20.7. The number of nitrogens with zero attached hydrogens (tertiary/aromatic N) is 3. The zero-order valence-corrected chi connectivity index (χ0v) is 21.4. The predicted octanol–water partition coefficient (Wildman–Crippen LogP) is 5.57. The lowest BCUT2D eigenvalue weighted by molar-refractivity contribution is -0.145. The van der Waals surface area contributed by atoms with Crippen LogP contribution in [0, 0.1) is 0 Å². The van der Waals surface area contributed by atoms with E-state index in [1.807, 2.05) is 0 Å². The molecule has 39 heavy (non-hydrogen) atoms. The summed E-state index contributed by atoms with van der Waals surface area (Å²) in [6.07, 6.45) is -3.40. The van der Waals surface area contributed by atoms with E-state index < -0.39 is 29.9 Å². The highest BCUT2D eigenvalue weighted by Gasteiger charge is 2.31. The van der Waals surface area contributed by atoms with Gasteiger partial charge in [0.1, 0.15) is 0 Å². The van der Waals surface area contributed by atoms with Gasteiger partial charge in [-0.1, -0.05) is 35.9 Å². The first-order valence-corrected chi connectivity index (χ1v) is 11.9. The molecular formula is C27H21ClF3N3O5. The number of hydrogen-bond acceptors (Lipinski definition) is 7. The molecule has 0 amide bonds. The molecule has 202 valence electrons. The first-order valence-electron chi connectivity index (χ1n) is 11.5. The van der Waals surface area contributed by atoms with Crippen LogP contribution < -0.4 is 15.0 Å². The van der Waals surface area contributed by atoms with Crippen LogP contribution in [0.4, 0.5) is 13.2 Å². The van der Waals surface area contributed by atoms with E-state index in [0.717, 1.165) is 16.8 Å². The minimum atomic E-state index is -4.61. The lowest BCUT2D eigenvalue weighted by Crippen LogP contribution is -2.20. The van der Waals surface area contributed by atoms with Gasteiger partial charge < -0.3 is 14.2 Å². The quantitative estimate of drug-likeness (QED) is 0.207. The molecule has 0 aliphatic rings. The summed E-state index contributed by atoms with van der Waals surface area (Å²) >= 11 is 6.22. The Morgan fingerprint density at radius 1 is 1.13 bits per heavy atom. The summed E-state index contributed by atoms with van der Waals surface area (Å²) in [5, 5.41) is 4.70. The number of carbonyl (C=O) groups is 1. The van der Waals surface area contributed by atoms with Crippen LogP contribution in [0.5, 0.6) is 11.5 Å². The molecule has 0 unspecified atom stereocenters. The van der Waals surface area contributed by atoms with Crippen LogP contribution in [0.25, 0.3) is 22.3 Å². The first-order chi connectivity index (χ1) is 18.6. The van der Waals surface area contributed by atoms with Gasteiger partial charge in [-0.15, -0.1) is 0 Å². The summed E-state index contributed by atoms with van der Waals surface area (Å²) < 4.78 is 57.0. The minimum Gasteiger partial charge on any atom is -0.493 e. The number of methoxy groups -OCH3 is 1. The van der Waals surface area contributed by atoms with Gasteiger partial charge in [0, 0.05) is 22.2 Å². The summed E-state index contributed by atoms with van der Waals surface area (Å²) in [6.45, 7) is 1.36. The molecule has 3 aromatic carbocycles. The number of fused-ring (bicyclic) bond motifs is 1. The van der Waals surface area contributed by atoms with Crippen molar-refractivity contribution < 1.29 is 32.2 Å². The average Bonchev–Trinajstić information content (AvgIpc) is 2.91. The maximum absolute atomic E-state index is 13.4. The molecule has 12 heteroatoms. The normalized spacial score (nSPS) is 11.6.